The van der Waals surface area contributed by atoms with E-state index in [4.69, 9.17) is 0 Å². The molecule has 2 N–H and O–H groups in total. The standard InChI is InChI=1S/C15H18N2O/c1-11-9-16-7-6-15(11,18)13-8-12-4-2-3-5-14(12)17-10-13/h2-5,8,10-11,16,18H,6-7,9H2,1H3. The van der Waals surface area contributed by atoms with Gasteiger partial charge in [0.2, 0.25) is 0 Å². The zero-order valence-electron chi connectivity index (χ0n) is 10.6. The van der Waals surface area contributed by atoms with Gasteiger partial charge in [-0.3, -0.25) is 4.98 Å². The first-order valence-corrected chi connectivity index (χ1v) is 6.48. The topological polar surface area (TPSA) is 45.1 Å². The molecule has 1 aliphatic rings. The number of nitrogens with zero attached hydrogens (tertiary/aromatic N) is 1. The first-order valence-electron chi connectivity index (χ1n) is 6.48. The number of rotatable bonds is 1. The highest BCUT2D eigenvalue weighted by atomic mass is 16.3. The second-order valence-electron chi connectivity index (χ2n) is 5.20. The Balaban J connectivity index is 2.07. The average Bonchev–Trinajstić information content (AvgIpc) is 2.42. The molecule has 94 valence electrons. The number of pyridine rings is 1. The molecule has 2 unspecified atom stereocenters. The van der Waals surface area contributed by atoms with Gasteiger partial charge in [-0.15, -0.1) is 0 Å². The number of aromatic nitrogens is 1. The molecule has 3 rings (SSSR count). The Bertz CT molecular complexity index is 569. The van der Waals surface area contributed by atoms with E-state index in [1.165, 1.54) is 0 Å². The number of piperidine rings is 1. The summed E-state index contributed by atoms with van der Waals surface area (Å²) in [5.41, 5.74) is 1.17. The molecular formula is C15H18N2O. The molecule has 1 aromatic heterocycles. The summed E-state index contributed by atoms with van der Waals surface area (Å²) >= 11 is 0. The van der Waals surface area contributed by atoms with Crippen LogP contribution >= 0.6 is 0 Å². The van der Waals surface area contributed by atoms with Crippen molar-refractivity contribution in [3.8, 4) is 0 Å². The van der Waals surface area contributed by atoms with Crippen molar-refractivity contribution in [2.75, 3.05) is 13.1 Å². The van der Waals surface area contributed by atoms with Gasteiger partial charge in [0.05, 0.1) is 11.1 Å². The maximum Gasteiger partial charge on any atom is 0.0961 e. The number of para-hydroxylation sites is 1. The lowest BCUT2D eigenvalue weighted by molar-refractivity contribution is -0.0393. The lowest BCUT2D eigenvalue weighted by Gasteiger charge is -2.38. The summed E-state index contributed by atoms with van der Waals surface area (Å²) in [7, 11) is 0. The van der Waals surface area contributed by atoms with Gasteiger partial charge in [0.15, 0.2) is 0 Å². The largest absolute Gasteiger partial charge is 0.385 e. The predicted molar refractivity (Wildman–Crippen MR) is 72.3 cm³/mol. The van der Waals surface area contributed by atoms with Crippen molar-refractivity contribution < 1.29 is 5.11 Å². The monoisotopic (exact) mass is 242 g/mol. The van der Waals surface area contributed by atoms with E-state index in [2.05, 4.69) is 23.3 Å². The van der Waals surface area contributed by atoms with Crippen LogP contribution in [0.3, 0.4) is 0 Å². The van der Waals surface area contributed by atoms with E-state index in [-0.39, 0.29) is 5.92 Å². The first-order chi connectivity index (χ1) is 8.70. The number of benzene rings is 1. The van der Waals surface area contributed by atoms with E-state index in [0.29, 0.717) is 0 Å². The molecule has 1 aromatic carbocycles. The smallest absolute Gasteiger partial charge is 0.0961 e. The molecule has 2 atom stereocenters. The lowest BCUT2D eigenvalue weighted by atomic mass is 9.78. The van der Waals surface area contributed by atoms with Crippen molar-refractivity contribution in [3.63, 3.8) is 0 Å². The minimum Gasteiger partial charge on any atom is -0.385 e. The summed E-state index contributed by atoms with van der Waals surface area (Å²) < 4.78 is 0. The van der Waals surface area contributed by atoms with E-state index in [1.54, 1.807) is 0 Å². The second kappa shape index (κ2) is 4.34. The Morgan fingerprint density at radius 3 is 3.06 bits per heavy atom. The van der Waals surface area contributed by atoms with Crippen LogP contribution in [0.25, 0.3) is 10.9 Å². The van der Waals surface area contributed by atoms with Crippen LogP contribution in [-0.4, -0.2) is 23.2 Å². The summed E-state index contributed by atoms with van der Waals surface area (Å²) in [6.45, 7) is 3.79. The van der Waals surface area contributed by atoms with Gasteiger partial charge in [-0.25, -0.2) is 0 Å². The van der Waals surface area contributed by atoms with E-state index in [0.717, 1.165) is 36.0 Å². The Labute approximate surface area is 107 Å². The highest BCUT2D eigenvalue weighted by Gasteiger charge is 2.37. The highest BCUT2D eigenvalue weighted by molar-refractivity contribution is 5.78. The quantitative estimate of drug-likeness (QED) is 0.804. The molecule has 0 saturated carbocycles. The Kier molecular flexibility index (Phi) is 2.80. The molecule has 18 heavy (non-hydrogen) atoms. The number of hydrogen-bond acceptors (Lipinski definition) is 3. The van der Waals surface area contributed by atoms with E-state index >= 15 is 0 Å². The number of hydrogen-bond donors (Lipinski definition) is 2. The number of nitrogens with one attached hydrogen (secondary N) is 1. The SMILES string of the molecule is CC1CNCCC1(O)c1cnc2ccccc2c1. The molecule has 0 spiro atoms. The second-order valence-corrected chi connectivity index (χ2v) is 5.20. The van der Waals surface area contributed by atoms with Gasteiger partial charge in [-0.1, -0.05) is 25.1 Å². The third-order valence-electron chi connectivity index (χ3n) is 4.04. The Hall–Kier alpha value is -1.45. The van der Waals surface area contributed by atoms with Crippen LogP contribution in [0.1, 0.15) is 18.9 Å². The van der Waals surface area contributed by atoms with Crippen molar-refractivity contribution in [1.29, 1.82) is 0 Å². The summed E-state index contributed by atoms with van der Waals surface area (Å²) in [5.74, 6) is 0.203. The molecule has 3 nitrogen and oxygen atoms in total. The molecule has 0 amide bonds. The molecule has 2 heterocycles. The molecule has 1 fully saturated rings. The van der Waals surface area contributed by atoms with E-state index in [1.807, 2.05) is 30.5 Å². The van der Waals surface area contributed by atoms with Crippen molar-refractivity contribution >= 4 is 10.9 Å². The minimum absolute atomic E-state index is 0.203. The van der Waals surface area contributed by atoms with Gasteiger partial charge in [0, 0.05) is 29.6 Å². The molecule has 1 aliphatic heterocycles. The lowest BCUT2D eigenvalue weighted by Crippen LogP contribution is -2.46. The third-order valence-corrected chi connectivity index (χ3v) is 4.04. The fourth-order valence-electron chi connectivity index (χ4n) is 2.75. The van der Waals surface area contributed by atoms with Crippen LogP contribution in [0.15, 0.2) is 36.5 Å². The van der Waals surface area contributed by atoms with Crippen molar-refractivity contribution in [2.24, 2.45) is 5.92 Å². The highest BCUT2D eigenvalue weighted by Crippen LogP contribution is 2.35. The van der Waals surface area contributed by atoms with Crippen molar-refractivity contribution in [1.82, 2.24) is 10.3 Å². The molecule has 0 aliphatic carbocycles. The van der Waals surface area contributed by atoms with Gasteiger partial charge in [-0.05, 0) is 25.1 Å². The van der Waals surface area contributed by atoms with Crippen LogP contribution in [0.5, 0.6) is 0 Å². The van der Waals surface area contributed by atoms with Gasteiger partial charge in [0.1, 0.15) is 0 Å². The number of aliphatic hydroxyl groups is 1. The van der Waals surface area contributed by atoms with Gasteiger partial charge in [0.25, 0.3) is 0 Å². The third kappa shape index (κ3) is 1.80. The van der Waals surface area contributed by atoms with Crippen LogP contribution in [0, 0.1) is 5.92 Å². The molecule has 0 bridgehead atoms. The van der Waals surface area contributed by atoms with E-state index in [9.17, 15) is 5.11 Å². The maximum atomic E-state index is 10.9. The fourth-order valence-corrected chi connectivity index (χ4v) is 2.75. The van der Waals surface area contributed by atoms with Crippen LogP contribution < -0.4 is 5.32 Å². The molecular weight excluding hydrogens is 224 g/mol. The van der Waals surface area contributed by atoms with Crippen molar-refractivity contribution in [2.45, 2.75) is 18.9 Å². The normalized spacial score (nSPS) is 28.4. The van der Waals surface area contributed by atoms with Crippen LogP contribution in [-0.2, 0) is 5.60 Å². The van der Waals surface area contributed by atoms with Crippen LogP contribution in [0.2, 0.25) is 0 Å². The van der Waals surface area contributed by atoms with Crippen molar-refractivity contribution in [3.05, 3.63) is 42.1 Å². The maximum absolute atomic E-state index is 10.9. The summed E-state index contributed by atoms with van der Waals surface area (Å²) in [5, 5.41) is 15.3. The zero-order chi connectivity index (χ0) is 12.6. The fraction of sp³-hybridized carbons (Fsp3) is 0.400. The van der Waals surface area contributed by atoms with E-state index < -0.39 is 5.60 Å². The minimum atomic E-state index is -0.748. The summed E-state index contributed by atoms with van der Waals surface area (Å²) in [6.07, 6.45) is 2.57. The van der Waals surface area contributed by atoms with Gasteiger partial charge in [-0.2, -0.15) is 0 Å². The summed E-state index contributed by atoms with van der Waals surface area (Å²) in [6, 6.07) is 10.1. The molecule has 2 aromatic rings. The zero-order valence-corrected chi connectivity index (χ0v) is 10.6. The van der Waals surface area contributed by atoms with Gasteiger partial charge < -0.3 is 10.4 Å². The van der Waals surface area contributed by atoms with Crippen LogP contribution in [0.4, 0.5) is 0 Å². The Morgan fingerprint density at radius 1 is 1.39 bits per heavy atom. The van der Waals surface area contributed by atoms with Gasteiger partial charge >= 0.3 is 0 Å². The number of fused-ring (bicyclic) bond motifs is 1. The average molecular weight is 242 g/mol. The summed E-state index contributed by atoms with van der Waals surface area (Å²) in [4.78, 5) is 4.46. The Morgan fingerprint density at radius 2 is 2.22 bits per heavy atom. The molecule has 3 heteroatoms. The first kappa shape index (κ1) is 11.6. The molecule has 1 saturated heterocycles. The molecule has 0 radical (unpaired) electrons. The predicted octanol–water partition coefficient (Wildman–Crippen LogP) is 2.05.